The van der Waals surface area contributed by atoms with Crippen molar-refractivity contribution in [1.82, 2.24) is 5.32 Å². The molecule has 20 heavy (non-hydrogen) atoms. The number of ether oxygens (including phenoxy) is 2. The summed E-state index contributed by atoms with van der Waals surface area (Å²) in [6.45, 7) is 1.07. The summed E-state index contributed by atoms with van der Waals surface area (Å²) in [4.78, 5) is 11.9. The zero-order valence-electron chi connectivity index (χ0n) is 11.7. The summed E-state index contributed by atoms with van der Waals surface area (Å²) in [6, 6.07) is 9.61. The number of aliphatic hydroxyl groups is 1. The van der Waals surface area contributed by atoms with E-state index in [-0.39, 0.29) is 12.4 Å². The minimum absolute atomic E-state index is 0.201. The Balaban J connectivity index is 1.89. The quantitative estimate of drug-likeness (QED) is 0.605. The van der Waals surface area contributed by atoms with Gasteiger partial charge in [-0.1, -0.05) is 30.3 Å². The van der Waals surface area contributed by atoms with E-state index in [9.17, 15) is 9.90 Å². The maximum Gasteiger partial charge on any atom is 0.326 e. The fourth-order valence-electron chi connectivity index (χ4n) is 2.56. The van der Waals surface area contributed by atoms with Gasteiger partial charge >= 0.3 is 5.97 Å². The third-order valence-corrected chi connectivity index (χ3v) is 3.63. The van der Waals surface area contributed by atoms with E-state index in [0.29, 0.717) is 13.0 Å². The minimum atomic E-state index is -1.00. The zero-order chi connectivity index (χ0) is 14.4. The Hall–Kier alpha value is -1.43. The maximum atomic E-state index is 11.9. The summed E-state index contributed by atoms with van der Waals surface area (Å²) in [6.07, 6.45) is 0.748. The molecular weight excluding hydrogens is 258 g/mol. The Morgan fingerprint density at radius 2 is 2.20 bits per heavy atom. The van der Waals surface area contributed by atoms with Crippen molar-refractivity contribution in [2.24, 2.45) is 0 Å². The van der Waals surface area contributed by atoms with Gasteiger partial charge in [0.25, 0.3) is 0 Å². The van der Waals surface area contributed by atoms with Crippen LogP contribution in [0.3, 0.4) is 0 Å². The van der Waals surface area contributed by atoms with Crippen LogP contribution < -0.4 is 5.32 Å². The SMILES string of the molecule is COC(=O)C1(C[C@@H](O)OCc2ccccc2)CCCN1. The van der Waals surface area contributed by atoms with E-state index in [1.54, 1.807) is 0 Å². The number of hydrogen-bond donors (Lipinski definition) is 2. The summed E-state index contributed by atoms with van der Waals surface area (Å²) < 4.78 is 10.3. The Morgan fingerprint density at radius 1 is 1.45 bits per heavy atom. The van der Waals surface area contributed by atoms with Crippen molar-refractivity contribution in [3.05, 3.63) is 35.9 Å². The zero-order valence-corrected chi connectivity index (χ0v) is 11.7. The number of nitrogens with one attached hydrogen (secondary N) is 1. The molecule has 0 aliphatic carbocycles. The first-order valence-corrected chi connectivity index (χ1v) is 6.83. The molecular formula is C15H21NO4. The van der Waals surface area contributed by atoms with Gasteiger partial charge in [-0.25, -0.2) is 0 Å². The lowest BCUT2D eigenvalue weighted by Gasteiger charge is -2.28. The van der Waals surface area contributed by atoms with E-state index in [0.717, 1.165) is 18.5 Å². The van der Waals surface area contributed by atoms with Crippen molar-refractivity contribution >= 4 is 5.97 Å². The lowest BCUT2D eigenvalue weighted by molar-refractivity contribution is -0.159. The van der Waals surface area contributed by atoms with Crippen LogP contribution in [0.1, 0.15) is 24.8 Å². The Kier molecular flexibility index (Phi) is 5.11. The normalized spacial score (nSPS) is 23.5. The highest BCUT2D eigenvalue weighted by molar-refractivity contribution is 5.81. The van der Waals surface area contributed by atoms with E-state index < -0.39 is 11.8 Å². The van der Waals surface area contributed by atoms with Gasteiger partial charge in [0.2, 0.25) is 0 Å². The van der Waals surface area contributed by atoms with E-state index in [2.05, 4.69) is 5.32 Å². The molecule has 1 heterocycles. The van der Waals surface area contributed by atoms with Crippen molar-refractivity contribution in [2.45, 2.75) is 37.7 Å². The molecule has 1 unspecified atom stereocenters. The molecule has 1 aliphatic heterocycles. The van der Waals surface area contributed by atoms with Crippen LogP contribution in [-0.2, 0) is 20.9 Å². The predicted octanol–water partition coefficient (Wildman–Crippen LogP) is 1.21. The van der Waals surface area contributed by atoms with E-state index in [1.165, 1.54) is 7.11 Å². The molecule has 1 saturated heterocycles. The topological polar surface area (TPSA) is 67.8 Å². The Bertz CT molecular complexity index is 429. The first-order valence-electron chi connectivity index (χ1n) is 6.83. The molecule has 2 N–H and O–H groups in total. The first-order chi connectivity index (χ1) is 9.66. The van der Waals surface area contributed by atoms with Gasteiger partial charge in [-0.05, 0) is 24.9 Å². The molecule has 0 amide bonds. The lowest BCUT2D eigenvalue weighted by Crippen LogP contribution is -2.50. The lowest BCUT2D eigenvalue weighted by atomic mass is 9.93. The number of esters is 1. The third-order valence-electron chi connectivity index (χ3n) is 3.63. The van der Waals surface area contributed by atoms with Crippen LogP contribution in [-0.4, -0.2) is 36.6 Å². The monoisotopic (exact) mass is 279 g/mol. The molecule has 2 rings (SSSR count). The highest BCUT2D eigenvalue weighted by Gasteiger charge is 2.43. The van der Waals surface area contributed by atoms with Gasteiger partial charge in [-0.15, -0.1) is 0 Å². The average Bonchev–Trinajstić information content (AvgIpc) is 2.95. The summed E-state index contributed by atoms with van der Waals surface area (Å²) >= 11 is 0. The Labute approximate surface area is 118 Å². The van der Waals surface area contributed by atoms with E-state index >= 15 is 0 Å². The molecule has 0 radical (unpaired) electrons. The fourth-order valence-corrected chi connectivity index (χ4v) is 2.56. The largest absolute Gasteiger partial charge is 0.468 e. The molecule has 2 atom stereocenters. The smallest absolute Gasteiger partial charge is 0.326 e. The summed E-state index contributed by atoms with van der Waals surface area (Å²) in [5.41, 5.74) is 0.170. The van der Waals surface area contributed by atoms with Gasteiger partial charge < -0.3 is 19.9 Å². The molecule has 1 aliphatic rings. The summed E-state index contributed by atoms with van der Waals surface area (Å²) in [5.74, 6) is -0.336. The second-order valence-electron chi connectivity index (χ2n) is 5.06. The minimum Gasteiger partial charge on any atom is -0.468 e. The van der Waals surface area contributed by atoms with Crippen molar-refractivity contribution in [1.29, 1.82) is 0 Å². The molecule has 5 nitrogen and oxygen atoms in total. The van der Waals surface area contributed by atoms with Crippen LogP contribution in [0.15, 0.2) is 30.3 Å². The molecule has 0 bridgehead atoms. The van der Waals surface area contributed by atoms with Gasteiger partial charge in [-0.3, -0.25) is 4.79 Å². The van der Waals surface area contributed by atoms with Crippen LogP contribution in [0.5, 0.6) is 0 Å². The number of rotatable bonds is 6. The summed E-state index contributed by atoms with van der Waals surface area (Å²) in [5, 5.41) is 13.1. The van der Waals surface area contributed by atoms with Gasteiger partial charge in [0.05, 0.1) is 13.7 Å². The predicted molar refractivity (Wildman–Crippen MR) is 73.8 cm³/mol. The molecule has 1 fully saturated rings. The molecule has 5 heteroatoms. The van der Waals surface area contributed by atoms with Crippen LogP contribution in [0.4, 0.5) is 0 Å². The highest BCUT2D eigenvalue weighted by atomic mass is 16.6. The average molecular weight is 279 g/mol. The third kappa shape index (κ3) is 3.56. The van der Waals surface area contributed by atoms with Crippen molar-refractivity contribution in [3.8, 4) is 0 Å². The number of carbonyl (C=O) groups is 1. The molecule has 1 aromatic carbocycles. The fraction of sp³-hybridized carbons (Fsp3) is 0.533. The van der Waals surface area contributed by atoms with Crippen molar-refractivity contribution in [3.63, 3.8) is 0 Å². The van der Waals surface area contributed by atoms with Gasteiger partial charge in [0, 0.05) is 6.42 Å². The number of aliphatic hydroxyl groups excluding tert-OH is 1. The summed E-state index contributed by atoms with van der Waals surface area (Å²) in [7, 11) is 1.36. The highest BCUT2D eigenvalue weighted by Crippen LogP contribution is 2.26. The molecule has 0 spiro atoms. The second kappa shape index (κ2) is 6.83. The number of benzene rings is 1. The first kappa shape index (κ1) is 15.0. The van der Waals surface area contributed by atoms with Crippen LogP contribution in [0.2, 0.25) is 0 Å². The van der Waals surface area contributed by atoms with Gasteiger partial charge in [-0.2, -0.15) is 0 Å². The Morgan fingerprint density at radius 3 is 2.80 bits per heavy atom. The van der Waals surface area contributed by atoms with Crippen LogP contribution in [0.25, 0.3) is 0 Å². The van der Waals surface area contributed by atoms with E-state index in [4.69, 9.17) is 9.47 Å². The van der Waals surface area contributed by atoms with Gasteiger partial charge in [0.15, 0.2) is 6.29 Å². The number of methoxy groups -OCH3 is 1. The molecule has 110 valence electrons. The maximum absolute atomic E-state index is 11.9. The number of carbonyl (C=O) groups excluding carboxylic acids is 1. The molecule has 0 saturated carbocycles. The van der Waals surface area contributed by atoms with Crippen molar-refractivity contribution in [2.75, 3.05) is 13.7 Å². The van der Waals surface area contributed by atoms with Gasteiger partial charge in [0.1, 0.15) is 5.54 Å². The van der Waals surface area contributed by atoms with Crippen LogP contribution in [0, 0.1) is 0 Å². The van der Waals surface area contributed by atoms with E-state index in [1.807, 2.05) is 30.3 Å². The molecule has 0 aromatic heterocycles. The molecule has 1 aromatic rings. The van der Waals surface area contributed by atoms with Crippen molar-refractivity contribution < 1.29 is 19.4 Å². The van der Waals surface area contributed by atoms with Crippen LogP contribution >= 0.6 is 0 Å². The second-order valence-corrected chi connectivity index (χ2v) is 5.06. The standard InChI is InChI=1S/C15H21NO4/c1-19-14(18)15(8-5-9-16-15)10-13(17)20-11-12-6-3-2-4-7-12/h2-4,6-7,13,16-17H,5,8-11H2,1H3/t13-,15?/m0/s1. The number of hydrogen-bond acceptors (Lipinski definition) is 5.